The topological polar surface area (TPSA) is 26.0 Å². The number of hydrogen-bond acceptors (Lipinski definition) is 1. The van der Waals surface area contributed by atoms with Crippen LogP contribution in [0.5, 0.6) is 0 Å². The molecule has 0 aromatic heterocycles. The lowest BCUT2D eigenvalue weighted by atomic mass is 9.64. The molecule has 0 amide bonds. The van der Waals surface area contributed by atoms with E-state index in [1.807, 2.05) is 0 Å². The predicted octanol–water partition coefficient (Wildman–Crippen LogP) is 2.76. The molecule has 2 rings (SSSR count). The molecule has 0 aromatic carbocycles. The molecule has 1 nitrogen and oxygen atoms in total. The molecule has 0 fully saturated rings. The zero-order valence-corrected chi connectivity index (χ0v) is 8.38. The first-order chi connectivity index (χ1) is 6.14. The third-order valence-electron chi connectivity index (χ3n) is 3.55. The molecule has 2 aliphatic rings. The fourth-order valence-corrected chi connectivity index (χ4v) is 2.53. The van der Waals surface area contributed by atoms with Crippen LogP contribution in [-0.4, -0.2) is 0 Å². The first kappa shape index (κ1) is 8.61. The SMILES string of the molecule is CC1=CCCC2(C)C(N)=CC=CC12. The van der Waals surface area contributed by atoms with Crippen molar-refractivity contribution in [1.82, 2.24) is 0 Å². The van der Waals surface area contributed by atoms with Gasteiger partial charge in [-0.3, -0.25) is 0 Å². The van der Waals surface area contributed by atoms with E-state index in [1.165, 1.54) is 18.4 Å². The molecule has 0 radical (unpaired) electrons. The smallest absolute Gasteiger partial charge is 0.0173 e. The second-order valence-electron chi connectivity index (χ2n) is 4.39. The summed E-state index contributed by atoms with van der Waals surface area (Å²) in [6.07, 6.45) is 11.1. The molecule has 2 atom stereocenters. The van der Waals surface area contributed by atoms with Gasteiger partial charge in [-0.1, -0.05) is 30.7 Å². The van der Waals surface area contributed by atoms with Crippen molar-refractivity contribution in [3.63, 3.8) is 0 Å². The summed E-state index contributed by atoms with van der Waals surface area (Å²) in [5, 5.41) is 0. The Kier molecular flexibility index (Phi) is 1.83. The number of fused-ring (bicyclic) bond motifs is 1. The third-order valence-corrected chi connectivity index (χ3v) is 3.55. The van der Waals surface area contributed by atoms with Gasteiger partial charge in [-0.2, -0.15) is 0 Å². The van der Waals surface area contributed by atoms with E-state index in [2.05, 4.69) is 38.2 Å². The van der Waals surface area contributed by atoms with Crippen molar-refractivity contribution in [2.24, 2.45) is 17.1 Å². The summed E-state index contributed by atoms with van der Waals surface area (Å²) in [4.78, 5) is 0. The highest BCUT2D eigenvalue weighted by atomic mass is 14.7. The Bertz CT molecular complexity index is 309. The summed E-state index contributed by atoms with van der Waals surface area (Å²) < 4.78 is 0. The van der Waals surface area contributed by atoms with Crippen molar-refractivity contribution in [2.45, 2.75) is 26.7 Å². The van der Waals surface area contributed by atoms with Gasteiger partial charge in [-0.25, -0.2) is 0 Å². The first-order valence-corrected chi connectivity index (χ1v) is 4.96. The predicted molar refractivity (Wildman–Crippen MR) is 56.0 cm³/mol. The van der Waals surface area contributed by atoms with Gasteiger partial charge in [-0.05, 0) is 25.8 Å². The summed E-state index contributed by atoms with van der Waals surface area (Å²) in [5.74, 6) is 0.534. The maximum Gasteiger partial charge on any atom is 0.0173 e. The lowest BCUT2D eigenvalue weighted by Gasteiger charge is -2.42. The van der Waals surface area contributed by atoms with Gasteiger partial charge in [0, 0.05) is 17.0 Å². The van der Waals surface area contributed by atoms with Crippen molar-refractivity contribution in [3.05, 3.63) is 35.6 Å². The summed E-state index contributed by atoms with van der Waals surface area (Å²) in [7, 11) is 0. The average molecular weight is 175 g/mol. The van der Waals surface area contributed by atoms with Crippen LogP contribution in [0.3, 0.4) is 0 Å². The lowest BCUT2D eigenvalue weighted by molar-refractivity contribution is 0.275. The van der Waals surface area contributed by atoms with E-state index in [0.29, 0.717) is 5.92 Å². The van der Waals surface area contributed by atoms with Gasteiger partial charge in [0.15, 0.2) is 0 Å². The molecular formula is C12H17N. The molecular weight excluding hydrogens is 158 g/mol. The molecule has 0 saturated heterocycles. The van der Waals surface area contributed by atoms with Crippen LogP contribution in [-0.2, 0) is 0 Å². The minimum atomic E-state index is 0.188. The second-order valence-corrected chi connectivity index (χ2v) is 4.39. The molecule has 0 heterocycles. The molecule has 1 heteroatoms. The Labute approximate surface area is 80.0 Å². The molecule has 2 unspecified atom stereocenters. The molecule has 0 bridgehead atoms. The average Bonchev–Trinajstić information content (AvgIpc) is 2.08. The minimum absolute atomic E-state index is 0.188. The standard InChI is InChI=1S/C12H17N/c1-9-5-4-8-12(2)10(9)6-3-7-11(12)13/h3,5-7,10H,4,8,13H2,1-2H3. The monoisotopic (exact) mass is 175 g/mol. The van der Waals surface area contributed by atoms with Gasteiger partial charge in [0.25, 0.3) is 0 Å². The minimum Gasteiger partial charge on any atom is -0.402 e. The summed E-state index contributed by atoms with van der Waals surface area (Å²) in [6.45, 7) is 4.49. The first-order valence-electron chi connectivity index (χ1n) is 4.96. The Morgan fingerprint density at radius 3 is 3.00 bits per heavy atom. The zero-order chi connectivity index (χ0) is 9.47. The van der Waals surface area contributed by atoms with Crippen LogP contribution >= 0.6 is 0 Å². The molecule has 0 saturated carbocycles. The molecule has 0 aromatic rings. The van der Waals surface area contributed by atoms with Crippen LogP contribution in [0.1, 0.15) is 26.7 Å². The third kappa shape index (κ3) is 1.14. The highest BCUT2D eigenvalue weighted by Gasteiger charge is 2.38. The molecule has 70 valence electrons. The molecule has 0 aliphatic heterocycles. The molecule has 0 spiro atoms. The molecule has 2 aliphatic carbocycles. The van der Waals surface area contributed by atoms with Gasteiger partial charge < -0.3 is 5.73 Å². The largest absolute Gasteiger partial charge is 0.402 e. The maximum absolute atomic E-state index is 6.07. The van der Waals surface area contributed by atoms with E-state index in [0.717, 1.165) is 5.70 Å². The number of allylic oxidation sites excluding steroid dienone is 6. The van der Waals surface area contributed by atoms with Crippen LogP contribution in [0.2, 0.25) is 0 Å². The summed E-state index contributed by atoms with van der Waals surface area (Å²) in [5.41, 5.74) is 8.78. The Morgan fingerprint density at radius 1 is 1.54 bits per heavy atom. The van der Waals surface area contributed by atoms with Crippen LogP contribution < -0.4 is 5.73 Å². The van der Waals surface area contributed by atoms with Gasteiger partial charge in [-0.15, -0.1) is 0 Å². The number of hydrogen-bond donors (Lipinski definition) is 1. The van der Waals surface area contributed by atoms with Crippen molar-refractivity contribution in [2.75, 3.05) is 0 Å². The van der Waals surface area contributed by atoms with E-state index < -0.39 is 0 Å². The number of nitrogens with two attached hydrogens (primary N) is 1. The molecule has 13 heavy (non-hydrogen) atoms. The zero-order valence-electron chi connectivity index (χ0n) is 8.38. The van der Waals surface area contributed by atoms with E-state index in [9.17, 15) is 0 Å². The Hall–Kier alpha value is -0.980. The van der Waals surface area contributed by atoms with Crippen LogP contribution in [0.15, 0.2) is 35.6 Å². The summed E-state index contributed by atoms with van der Waals surface area (Å²) in [6, 6.07) is 0. The van der Waals surface area contributed by atoms with Crippen molar-refractivity contribution >= 4 is 0 Å². The van der Waals surface area contributed by atoms with Crippen LogP contribution in [0.4, 0.5) is 0 Å². The van der Waals surface area contributed by atoms with E-state index in [1.54, 1.807) is 0 Å². The van der Waals surface area contributed by atoms with Crippen molar-refractivity contribution < 1.29 is 0 Å². The normalized spacial score (nSPS) is 37.8. The van der Waals surface area contributed by atoms with E-state index in [4.69, 9.17) is 5.73 Å². The van der Waals surface area contributed by atoms with Crippen molar-refractivity contribution in [3.8, 4) is 0 Å². The Balaban J connectivity index is 2.44. The fourth-order valence-electron chi connectivity index (χ4n) is 2.53. The quantitative estimate of drug-likeness (QED) is 0.563. The summed E-state index contributed by atoms with van der Waals surface area (Å²) >= 11 is 0. The maximum atomic E-state index is 6.07. The van der Waals surface area contributed by atoms with Gasteiger partial charge in [0.1, 0.15) is 0 Å². The molecule has 2 N–H and O–H groups in total. The highest BCUT2D eigenvalue weighted by Crippen LogP contribution is 2.47. The van der Waals surface area contributed by atoms with Gasteiger partial charge >= 0.3 is 0 Å². The van der Waals surface area contributed by atoms with Crippen LogP contribution in [0.25, 0.3) is 0 Å². The highest BCUT2D eigenvalue weighted by molar-refractivity contribution is 5.33. The second kappa shape index (κ2) is 2.76. The van der Waals surface area contributed by atoms with E-state index in [-0.39, 0.29) is 5.41 Å². The fraction of sp³-hybridized carbons (Fsp3) is 0.500. The Morgan fingerprint density at radius 2 is 2.31 bits per heavy atom. The van der Waals surface area contributed by atoms with Crippen molar-refractivity contribution in [1.29, 1.82) is 0 Å². The number of rotatable bonds is 0. The van der Waals surface area contributed by atoms with Gasteiger partial charge in [0.05, 0.1) is 0 Å². The van der Waals surface area contributed by atoms with E-state index >= 15 is 0 Å². The van der Waals surface area contributed by atoms with Crippen LogP contribution in [0, 0.1) is 11.3 Å². The lowest BCUT2D eigenvalue weighted by Crippen LogP contribution is -2.36. The van der Waals surface area contributed by atoms with Gasteiger partial charge in [0.2, 0.25) is 0 Å².